The van der Waals surface area contributed by atoms with Crippen molar-refractivity contribution in [2.45, 2.75) is 52.4 Å². The van der Waals surface area contributed by atoms with Crippen molar-refractivity contribution in [2.75, 3.05) is 11.9 Å². The van der Waals surface area contributed by atoms with E-state index >= 15 is 0 Å². The average Bonchev–Trinajstić information content (AvgIpc) is 3.27. The molecule has 1 fully saturated rings. The lowest BCUT2D eigenvalue weighted by atomic mass is 9.88. The minimum atomic E-state index is -0.278. The van der Waals surface area contributed by atoms with E-state index in [-0.39, 0.29) is 17.8 Å². The Kier molecular flexibility index (Phi) is 4.52. The number of anilines is 1. The fourth-order valence-electron chi connectivity index (χ4n) is 2.88. The summed E-state index contributed by atoms with van der Waals surface area (Å²) in [7, 11) is 0. The highest BCUT2D eigenvalue weighted by molar-refractivity contribution is 7.17. The van der Waals surface area contributed by atoms with Gasteiger partial charge in [-0.15, -0.1) is 11.3 Å². The third-order valence-corrected chi connectivity index (χ3v) is 5.51. The van der Waals surface area contributed by atoms with Crippen LogP contribution in [-0.2, 0) is 22.4 Å². The molecule has 1 heterocycles. The van der Waals surface area contributed by atoms with Crippen LogP contribution in [0.15, 0.2) is 0 Å². The van der Waals surface area contributed by atoms with Gasteiger partial charge in [-0.2, -0.15) is 0 Å². The van der Waals surface area contributed by atoms with Crippen LogP contribution >= 0.6 is 11.3 Å². The molecule has 5 heteroatoms. The zero-order valence-corrected chi connectivity index (χ0v) is 14.1. The number of fused-ring (bicyclic) bond motifs is 1. The number of thiophene rings is 1. The maximum atomic E-state index is 12.4. The van der Waals surface area contributed by atoms with Crippen LogP contribution in [0.4, 0.5) is 5.00 Å². The van der Waals surface area contributed by atoms with Gasteiger partial charge in [0.15, 0.2) is 0 Å². The van der Waals surface area contributed by atoms with Gasteiger partial charge in [0.25, 0.3) is 0 Å². The molecule has 1 saturated carbocycles. The van der Waals surface area contributed by atoms with Crippen LogP contribution in [0, 0.1) is 11.8 Å². The van der Waals surface area contributed by atoms with Crippen molar-refractivity contribution in [3.05, 3.63) is 16.0 Å². The van der Waals surface area contributed by atoms with Gasteiger partial charge >= 0.3 is 5.97 Å². The lowest BCUT2D eigenvalue weighted by Gasteiger charge is -2.18. The molecule has 1 aromatic heterocycles. The standard InChI is InChI=1S/C17H23NO3S/c1-3-8-21-17(20)14-12-7-4-10(2)9-13(12)22-16(14)18-15(19)11-5-6-11/h10-11H,3-9H2,1-2H3,(H,18,19)/t10-/m1/s1. The fraction of sp³-hybridized carbons (Fsp3) is 0.647. The smallest absolute Gasteiger partial charge is 0.341 e. The molecule has 1 atom stereocenters. The molecule has 0 bridgehead atoms. The van der Waals surface area contributed by atoms with Crippen LogP contribution in [0.3, 0.4) is 0 Å². The second kappa shape index (κ2) is 6.41. The molecular formula is C17H23NO3S. The highest BCUT2D eigenvalue weighted by Crippen LogP contribution is 2.41. The third-order valence-electron chi connectivity index (χ3n) is 4.34. The Morgan fingerprint density at radius 3 is 2.77 bits per heavy atom. The van der Waals surface area contributed by atoms with Crippen molar-refractivity contribution in [3.63, 3.8) is 0 Å². The van der Waals surface area contributed by atoms with Crippen molar-refractivity contribution in [1.82, 2.24) is 0 Å². The van der Waals surface area contributed by atoms with E-state index in [4.69, 9.17) is 4.74 Å². The molecule has 3 rings (SSSR count). The fourth-order valence-corrected chi connectivity index (χ4v) is 4.28. The predicted molar refractivity (Wildman–Crippen MR) is 87.4 cm³/mol. The van der Waals surface area contributed by atoms with Crippen LogP contribution in [0.1, 0.15) is 60.3 Å². The zero-order valence-electron chi connectivity index (χ0n) is 13.2. The zero-order chi connectivity index (χ0) is 15.7. The molecule has 0 aromatic carbocycles. The molecule has 0 spiro atoms. The van der Waals surface area contributed by atoms with Crippen molar-refractivity contribution in [3.8, 4) is 0 Å². The maximum absolute atomic E-state index is 12.4. The van der Waals surface area contributed by atoms with Gasteiger partial charge in [-0.3, -0.25) is 4.79 Å². The van der Waals surface area contributed by atoms with E-state index in [0.29, 0.717) is 23.1 Å². The molecule has 120 valence electrons. The Balaban J connectivity index is 1.88. The number of nitrogens with one attached hydrogen (secondary N) is 1. The van der Waals surface area contributed by atoms with Gasteiger partial charge in [-0.25, -0.2) is 4.79 Å². The van der Waals surface area contributed by atoms with Crippen LogP contribution in [0.5, 0.6) is 0 Å². The molecule has 1 aromatic rings. The molecule has 1 N–H and O–H groups in total. The Labute approximate surface area is 135 Å². The quantitative estimate of drug-likeness (QED) is 0.840. The first-order valence-electron chi connectivity index (χ1n) is 8.22. The molecule has 4 nitrogen and oxygen atoms in total. The van der Waals surface area contributed by atoms with Gasteiger partial charge in [0.2, 0.25) is 5.91 Å². The van der Waals surface area contributed by atoms with Gasteiger partial charge in [0.05, 0.1) is 12.2 Å². The summed E-state index contributed by atoms with van der Waals surface area (Å²) in [5.74, 6) is 0.548. The summed E-state index contributed by atoms with van der Waals surface area (Å²) < 4.78 is 5.34. The van der Waals surface area contributed by atoms with Crippen molar-refractivity contribution in [1.29, 1.82) is 0 Å². The molecule has 0 unspecified atom stereocenters. The summed E-state index contributed by atoms with van der Waals surface area (Å²) >= 11 is 1.57. The average molecular weight is 321 g/mol. The normalized spacial score (nSPS) is 20.4. The lowest BCUT2D eigenvalue weighted by molar-refractivity contribution is -0.117. The van der Waals surface area contributed by atoms with E-state index < -0.39 is 0 Å². The third kappa shape index (κ3) is 3.19. The molecule has 0 radical (unpaired) electrons. The first-order chi connectivity index (χ1) is 10.6. The Morgan fingerprint density at radius 2 is 2.09 bits per heavy atom. The van der Waals surface area contributed by atoms with Gasteiger partial charge in [0.1, 0.15) is 5.00 Å². The van der Waals surface area contributed by atoms with Crippen molar-refractivity contribution < 1.29 is 14.3 Å². The number of amides is 1. The second-order valence-electron chi connectivity index (χ2n) is 6.46. The Morgan fingerprint density at radius 1 is 1.32 bits per heavy atom. The Hall–Kier alpha value is -1.36. The molecule has 1 amide bonds. The number of carbonyl (C=O) groups is 2. The largest absolute Gasteiger partial charge is 0.462 e. The first kappa shape index (κ1) is 15.5. The van der Waals surface area contributed by atoms with E-state index in [2.05, 4.69) is 12.2 Å². The number of ether oxygens (including phenoxy) is 1. The van der Waals surface area contributed by atoms with E-state index in [1.54, 1.807) is 11.3 Å². The van der Waals surface area contributed by atoms with Gasteiger partial charge < -0.3 is 10.1 Å². The molecule has 22 heavy (non-hydrogen) atoms. The highest BCUT2D eigenvalue weighted by atomic mass is 32.1. The topological polar surface area (TPSA) is 55.4 Å². The summed E-state index contributed by atoms with van der Waals surface area (Å²) in [4.78, 5) is 25.8. The predicted octanol–water partition coefficient (Wildman–Crippen LogP) is 3.79. The number of hydrogen-bond acceptors (Lipinski definition) is 4. The number of hydrogen-bond donors (Lipinski definition) is 1. The Bertz CT molecular complexity index is 589. The lowest BCUT2D eigenvalue weighted by Crippen LogP contribution is -2.17. The summed E-state index contributed by atoms with van der Waals surface area (Å²) in [6, 6.07) is 0. The summed E-state index contributed by atoms with van der Waals surface area (Å²) in [5, 5.41) is 3.69. The maximum Gasteiger partial charge on any atom is 0.341 e. The van der Waals surface area contributed by atoms with Crippen molar-refractivity contribution in [2.24, 2.45) is 11.8 Å². The van der Waals surface area contributed by atoms with E-state index in [1.807, 2.05) is 6.92 Å². The highest BCUT2D eigenvalue weighted by Gasteiger charge is 2.33. The van der Waals surface area contributed by atoms with Gasteiger partial charge in [0, 0.05) is 10.8 Å². The summed E-state index contributed by atoms with van der Waals surface area (Å²) in [6.45, 7) is 4.64. The van der Waals surface area contributed by atoms with E-state index in [9.17, 15) is 9.59 Å². The minimum Gasteiger partial charge on any atom is -0.462 e. The van der Waals surface area contributed by atoms with Crippen LogP contribution in [0.2, 0.25) is 0 Å². The second-order valence-corrected chi connectivity index (χ2v) is 7.56. The molecule has 0 aliphatic heterocycles. The first-order valence-corrected chi connectivity index (χ1v) is 9.04. The van der Waals surface area contributed by atoms with Crippen LogP contribution in [-0.4, -0.2) is 18.5 Å². The number of carbonyl (C=O) groups excluding carboxylic acids is 2. The number of rotatable bonds is 5. The van der Waals surface area contributed by atoms with Crippen molar-refractivity contribution >= 4 is 28.2 Å². The summed E-state index contributed by atoms with van der Waals surface area (Å²) in [5.41, 5.74) is 1.73. The van der Waals surface area contributed by atoms with E-state index in [1.165, 1.54) is 4.88 Å². The number of esters is 1. The minimum absolute atomic E-state index is 0.0520. The monoisotopic (exact) mass is 321 g/mol. The van der Waals surface area contributed by atoms with E-state index in [0.717, 1.165) is 44.1 Å². The molecule has 0 saturated heterocycles. The molecule has 2 aliphatic rings. The van der Waals surface area contributed by atoms with Gasteiger partial charge in [-0.1, -0.05) is 13.8 Å². The molecule has 2 aliphatic carbocycles. The SMILES string of the molecule is CCCOC(=O)c1c(NC(=O)C2CC2)sc2c1CC[C@@H](C)C2. The molecular weight excluding hydrogens is 298 g/mol. The van der Waals surface area contributed by atoms with Crippen LogP contribution in [0.25, 0.3) is 0 Å². The summed E-state index contributed by atoms with van der Waals surface area (Å²) in [6.07, 6.45) is 5.72. The van der Waals surface area contributed by atoms with Gasteiger partial charge in [-0.05, 0) is 50.0 Å². The van der Waals surface area contributed by atoms with Crippen LogP contribution < -0.4 is 5.32 Å².